The van der Waals surface area contributed by atoms with Crippen molar-refractivity contribution in [2.24, 2.45) is 0 Å². The monoisotopic (exact) mass is 483 g/mol. The van der Waals surface area contributed by atoms with Crippen LogP contribution in [0.3, 0.4) is 0 Å². The molecule has 0 aliphatic rings. The van der Waals surface area contributed by atoms with E-state index < -0.39 is 0 Å². The van der Waals surface area contributed by atoms with Gasteiger partial charge in [0.15, 0.2) is 17.3 Å². The van der Waals surface area contributed by atoms with E-state index in [1.54, 1.807) is 4.57 Å². The normalized spacial score (nSPS) is 10.9. The lowest BCUT2D eigenvalue weighted by Crippen LogP contribution is -2.26. The van der Waals surface area contributed by atoms with Gasteiger partial charge in [0.1, 0.15) is 0 Å². The summed E-state index contributed by atoms with van der Waals surface area (Å²) >= 11 is 0. The first kappa shape index (κ1) is 22.2. The zero-order valence-corrected chi connectivity index (χ0v) is 19.7. The molecule has 37 heavy (non-hydrogen) atoms. The van der Waals surface area contributed by atoms with E-state index >= 15 is 0 Å². The van der Waals surface area contributed by atoms with Gasteiger partial charge in [-0.05, 0) is 27.1 Å². The Balaban J connectivity index is 1.40. The predicted octanol–water partition coefficient (Wildman–Crippen LogP) is 4.87. The Morgan fingerprint density at radius 1 is 0.622 bits per heavy atom. The summed E-state index contributed by atoms with van der Waals surface area (Å²) in [5.41, 5.74) is 5.61. The molecule has 6 aromatic rings. The molecule has 0 spiro atoms. The summed E-state index contributed by atoms with van der Waals surface area (Å²) in [7, 11) is 0. The average molecular weight is 484 g/mol. The van der Waals surface area contributed by atoms with Crippen molar-refractivity contribution < 1.29 is 0 Å². The molecule has 8 nitrogen and oxygen atoms in total. The van der Waals surface area contributed by atoms with Crippen LogP contribution in [0.5, 0.6) is 0 Å². The van der Waals surface area contributed by atoms with Crippen LogP contribution in [0.25, 0.3) is 45.2 Å². The largest absolute Gasteiger partial charge is 0.285 e. The van der Waals surface area contributed by atoms with Crippen LogP contribution in [0.15, 0.2) is 114 Å². The lowest BCUT2D eigenvalue weighted by molar-refractivity contribution is 0.723. The summed E-state index contributed by atoms with van der Waals surface area (Å²) in [6, 6.07) is 35.1. The molecule has 2 aromatic heterocycles. The minimum absolute atomic E-state index is 0.188. The summed E-state index contributed by atoms with van der Waals surface area (Å²) in [5, 5.41) is 23.1. The van der Waals surface area contributed by atoms with Gasteiger partial charge in [-0.2, -0.15) is 0 Å². The number of benzene rings is 4. The molecule has 0 fully saturated rings. The number of hydrogen-bond acceptors (Lipinski definition) is 6. The van der Waals surface area contributed by atoms with Gasteiger partial charge in [0.05, 0.1) is 6.54 Å². The van der Waals surface area contributed by atoms with Gasteiger partial charge in [-0.25, -0.2) is 5.10 Å². The maximum absolute atomic E-state index is 13.7. The van der Waals surface area contributed by atoms with Crippen LogP contribution in [-0.4, -0.2) is 35.4 Å². The first-order valence-corrected chi connectivity index (χ1v) is 11.8. The maximum Gasteiger partial charge on any atom is 0.280 e. The predicted molar refractivity (Wildman–Crippen MR) is 141 cm³/mol. The molecule has 0 unspecified atom stereocenters. The Morgan fingerprint density at radius 2 is 1.27 bits per heavy atom. The summed E-state index contributed by atoms with van der Waals surface area (Å²) in [6.07, 6.45) is 0. The highest BCUT2D eigenvalue weighted by molar-refractivity contribution is 5.80. The number of nitrogens with zero attached hydrogens (tertiary/aromatic N) is 6. The SMILES string of the molecule is O=c1c(-c2ccccc2)nnc(-c2ccccc2)n1Cc1ccc(-c2ccccc2-c2nnn[nH]2)cc1. The van der Waals surface area contributed by atoms with E-state index in [1.165, 1.54) is 0 Å². The van der Waals surface area contributed by atoms with E-state index in [0.717, 1.165) is 33.4 Å². The van der Waals surface area contributed by atoms with Crippen LogP contribution in [-0.2, 0) is 6.54 Å². The van der Waals surface area contributed by atoms with Gasteiger partial charge in [0, 0.05) is 16.7 Å². The second kappa shape index (κ2) is 9.79. The van der Waals surface area contributed by atoms with Crippen molar-refractivity contribution in [3.05, 3.63) is 125 Å². The molecular formula is C29H21N7O. The second-order valence-electron chi connectivity index (χ2n) is 8.49. The number of aromatic amines is 1. The second-order valence-corrected chi connectivity index (χ2v) is 8.49. The Morgan fingerprint density at radius 3 is 1.95 bits per heavy atom. The Labute approximate surface area is 212 Å². The molecule has 0 aliphatic carbocycles. The molecule has 178 valence electrons. The van der Waals surface area contributed by atoms with Crippen molar-refractivity contribution >= 4 is 0 Å². The summed E-state index contributed by atoms with van der Waals surface area (Å²) in [6.45, 7) is 0.354. The highest BCUT2D eigenvalue weighted by Crippen LogP contribution is 2.30. The fraction of sp³-hybridized carbons (Fsp3) is 0.0345. The third kappa shape index (κ3) is 4.43. The number of rotatable bonds is 6. The van der Waals surface area contributed by atoms with Gasteiger partial charge >= 0.3 is 0 Å². The molecule has 0 saturated carbocycles. The first-order valence-electron chi connectivity index (χ1n) is 11.8. The standard InChI is InChI=1S/C29H21N7O/c37-29-26(22-9-3-1-4-10-22)30-33-28(23-11-5-2-6-12-23)36(29)19-20-15-17-21(18-16-20)24-13-7-8-14-25(24)27-31-34-35-32-27/h1-18H,19H2,(H,31,32,34,35). The van der Waals surface area contributed by atoms with E-state index in [9.17, 15) is 4.79 Å². The van der Waals surface area contributed by atoms with Crippen molar-refractivity contribution in [2.45, 2.75) is 6.54 Å². The van der Waals surface area contributed by atoms with E-state index in [0.29, 0.717) is 23.9 Å². The van der Waals surface area contributed by atoms with Crippen molar-refractivity contribution in [3.63, 3.8) is 0 Å². The number of nitrogens with one attached hydrogen (secondary N) is 1. The van der Waals surface area contributed by atoms with Gasteiger partial charge in [-0.1, -0.05) is 109 Å². The number of H-pyrrole nitrogens is 1. The Hall–Kier alpha value is -5.24. The molecule has 8 heteroatoms. The third-order valence-electron chi connectivity index (χ3n) is 6.16. The molecule has 0 amide bonds. The van der Waals surface area contributed by atoms with Crippen LogP contribution in [0, 0.1) is 0 Å². The van der Waals surface area contributed by atoms with Crippen molar-refractivity contribution in [1.29, 1.82) is 0 Å². The molecule has 0 radical (unpaired) electrons. The van der Waals surface area contributed by atoms with Gasteiger partial charge in [-0.3, -0.25) is 9.36 Å². The molecule has 1 N–H and O–H groups in total. The number of tetrazole rings is 1. The smallest absolute Gasteiger partial charge is 0.280 e. The third-order valence-corrected chi connectivity index (χ3v) is 6.16. The van der Waals surface area contributed by atoms with Crippen molar-refractivity contribution in [3.8, 4) is 45.2 Å². The van der Waals surface area contributed by atoms with Crippen molar-refractivity contribution in [2.75, 3.05) is 0 Å². The lowest BCUT2D eigenvalue weighted by atomic mass is 9.98. The van der Waals surface area contributed by atoms with Gasteiger partial charge < -0.3 is 0 Å². The molecule has 2 heterocycles. The fourth-order valence-electron chi connectivity index (χ4n) is 4.33. The zero-order valence-electron chi connectivity index (χ0n) is 19.7. The lowest BCUT2D eigenvalue weighted by Gasteiger charge is -2.14. The molecule has 0 saturated heterocycles. The van der Waals surface area contributed by atoms with Gasteiger partial charge in [-0.15, -0.1) is 15.3 Å². The topological polar surface area (TPSA) is 102 Å². The van der Waals surface area contributed by atoms with E-state index in [4.69, 9.17) is 0 Å². The highest BCUT2D eigenvalue weighted by atomic mass is 16.1. The molecule has 6 rings (SSSR count). The summed E-state index contributed by atoms with van der Waals surface area (Å²) < 4.78 is 1.69. The highest BCUT2D eigenvalue weighted by Gasteiger charge is 2.16. The summed E-state index contributed by atoms with van der Waals surface area (Å²) in [4.78, 5) is 13.7. The maximum atomic E-state index is 13.7. The van der Waals surface area contributed by atoms with Crippen LogP contribution >= 0.6 is 0 Å². The van der Waals surface area contributed by atoms with E-state index in [-0.39, 0.29) is 5.56 Å². The van der Waals surface area contributed by atoms with E-state index in [1.807, 2.05) is 109 Å². The van der Waals surface area contributed by atoms with E-state index in [2.05, 4.69) is 30.8 Å². The first-order chi connectivity index (χ1) is 18.3. The van der Waals surface area contributed by atoms with Gasteiger partial charge in [0.25, 0.3) is 5.56 Å². The minimum atomic E-state index is -0.188. The van der Waals surface area contributed by atoms with Gasteiger partial charge in [0.2, 0.25) is 0 Å². The van der Waals surface area contributed by atoms with Crippen LogP contribution in [0.1, 0.15) is 5.56 Å². The minimum Gasteiger partial charge on any atom is -0.285 e. The zero-order chi connectivity index (χ0) is 25.0. The quantitative estimate of drug-likeness (QED) is 0.363. The Bertz CT molecular complexity index is 1700. The summed E-state index contributed by atoms with van der Waals surface area (Å²) in [5.74, 6) is 1.13. The fourth-order valence-corrected chi connectivity index (χ4v) is 4.33. The number of aromatic nitrogens is 7. The molecule has 0 bridgehead atoms. The van der Waals surface area contributed by atoms with Crippen LogP contribution in [0.4, 0.5) is 0 Å². The average Bonchev–Trinajstić information content (AvgIpc) is 3.51. The van der Waals surface area contributed by atoms with Crippen LogP contribution < -0.4 is 5.56 Å². The van der Waals surface area contributed by atoms with Crippen molar-refractivity contribution in [1.82, 2.24) is 35.4 Å². The molecule has 0 atom stereocenters. The molecular weight excluding hydrogens is 462 g/mol. The number of hydrogen-bond donors (Lipinski definition) is 1. The Kier molecular flexibility index (Phi) is 5.88. The molecule has 4 aromatic carbocycles. The molecule has 0 aliphatic heterocycles. The van der Waals surface area contributed by atoms with Crippen LogP contribution in [0.2, 0.25) is 0 Å².